The quantitative estimate of drug-likeness (QED) is 0.658. The number of hydrogen-bond donors (Lipinski definition) is 0. The molecule has 1 heterocycles. The summed E-state index contributed by atoms with van der Waals surface area (Å²) in [5.74, 6) is -1.06. The van der Waals surface area contributed by atoms with Crippen molar-refractivity contribution in [2.24, 2.45) is 0 Å². The Morgan fingerprint density at radius 2 is 1.56 bits per heavy atom. The number of carbonyl (C=O) groups is 2. The molecule has 0 spiro atoms. The summed E-state index contributed by atoms with van der Waals surface area (Å²) in [6.45, 7) is 6.46. The molecule has 0 radical (unpaired) electrons. The van der Waals surface area contributed by atoms with Crippen LogP contribution in [0.15, 0.2) is 23.1 Å². The minimum absolute atomic E-state index is 0.0927. The monoisotopic (exact) mass is 480 g/mol. The second kappa shape index (κ2) is 9.16. The van der Waals surface area contributed by atoms with Gasteiger partial charge in [0.1, 0.15) is 11.4 Å². The van der Waals surface area contributed by atoms with Gasteiger partial charge in [-0.25, -0.2) is 13.2 Å². The van der Waals surface area contributed by atoms with Crippen molar-refractivity contribution in [3.05, 3.63) is 23.8 Å². The second-order valence-corrected chi connectivity index (χ2v) is 10.5. The molecule has 1 aliphatic heterocycles. The maximum absolute atomic E-state index is 13.1. The van der Waals surface area contributed by atoms with Crippen LogP contribution in [-0.2, 0) is 14.6 Å². The van der Waals surface area contributed by atoms with Crippen LogP contribution >= 0.6 is 0 Å². The fourth-order valence-corrected chi connectivity index (χ4v) is 3.50. The molecule has 0 aliphatic carbocycles. The van der Waals surface area contributed by atoms with Crippen molar-refractivity contribution in [3.63, 3.8) is 0 Å². The minimum atomic E-state index is -4.67. The van der Waals surface area contributed by atoms with E-state index in [2.05, 4.69) is 0 Å². The van der Waals surface area contributed by atoms with Crippen LogP contribution in [0.3, 0.4) is 0 Å². The number of hydrogen-bond acceptors (Lipinski definition) is 6. The molecule has 8 nitrogen and oxygen atoms in total. The summed E-state index contributed by atoms with van der Waals surface area (Å²) in [5.41, 5.74) is -0.980. The van der Waals surface area contributed by atoms with Crippen LogP contribution in [0.2, 0.25) is 0 Å². The summed E-state index contributed by atoms with van der Waals surface area (Å²) in [4.78, 5) is 27.8. The maximum Gasteiger partial charge on any atom is 0.425 e. The second-order valence-electron chi connectivity index (χ2n) is 8.49. The van der Waals surface area contributed by atoms with Crippen LogP contribution in [0.5, 0.6) is 5.75 Å². The van der Waals surface area contributed by atoms with E-state index in [-0.39, 0.29) is 42.4 Å². The van der Waals surface area contributed by atoms with Gasteiger partial charge in [0.2, 0.25) is 0 Å². The lowest BCUT2D eigenvalue weighted by molar-refractivity contribution is -0.189. The fourth-order valence-electron chi connectivity index (χ4n) is 2.86. The Morgan fingerprint density at radius 3 is 2.03 bits per heavy atom. The van der Waals surface area contributed by atoms with E-state index in [4.69, 9.17) is 9.47 Å². The summed E-state index contributed by atoms with van der Waals surface area (Å²) < 4.78 is 72.9. The van der Waals surface area contributed by atoms with E-state index < -0.39 is 39.7 Å². The van der Waals surface area contributed by atoms with Crippen LogP contribution < -0.4 is 4.74 Å². The van der Waals surface area contributed by atoms with Gasteiger partial charge in [0.15, 0.2) is 15.9 Å². The highest BCUT2D eigenvalue weighted by molar-refractivity contribution is 7.90. The summed E-state index contributed by atoms with van der Waals surface area (Å²) in [7, 11) is -3.72. The van der Waals surface area contributed by atoms with Crippen molar-refractivity contribution in [2.45, 2.75) is 50.5 Å². The Bertz CT molecular complexity index is 965. The summed E-state index contributed by atoms with van der Waals surface area (Å²) in [5, 5.41) is 0. The molecule has 0 bridgehead atoms. The molecule has 0 unspecified atom stereocenters. The number of benzene rings is 1. The third kappa shape index (κ3) is 6.75. The van der Waals surface area contributed by atoms with E-state index in [0.29, 0.717) is 0 Å². The first-order chi connectivity index (χ1) is 14.5. The Labute approximate surface area is 185 Å². The van der Waals surface area contributed by atoms with Gasteiger partial charge in [-0.3, -0.25) is 4.79 Å². The van der Waals surface area contributed by atoms with Crippen molar-refractivity contribution in [3.8, 4) is 5.75 Å². The average molecular weight is 481 g/mol. The first-order valence-corrected chi connectivity index (χ1v) is 11.7. The molecule has 1 fully saturated rings. The molecule has 1 aliphatic rings. The SMILES string of the molecule is C[C@H](Oc1ccc(S(C)(=O)=O)cc1C(=O)N1CCN(C(=O)OC(C)(C)C)CC1)C(F)(F)F. The maximum atomic E-state index is 13.1. The van der Waals surface area contributed by atoms with Gasteiger partial charge in [-0.2, -0.15) is 13.2 Å². The van der Waals surface area contributed by atoms with Crippen LogP contribution in [-0.4, -0.2) is 80.5 Å². The molecule has 2 amide bonds. The lowest BCUT2D eigenvalue weighted by atomic mass is 10.1. The molecule has 1 aromatic carbocycles. The minimum Gasteiger partial charge on any atom is -0.480 e. The number of rotatable bonds is 4. The van der Waals surface area contributed by atoms with E-state index in [1.54, 1.807) is 20.8 Å². The number of carbonyl (C=O) groups excluding carboxylic acids is 2. The average Bonchev–Trinajstić information content (AvgIpc) is 2.65. The summed E-state index contributed by atoms with van der Waals surface area (Å²) in [6.07, 6.45) is -6.49. The molecule has 12 heteroatoms. The van der Waals surface area contributed by atoms with Gasteiger partial charge in [-0.1, -0.05) is 0 Å². The highest BCUT2D eigenvalue weighted by Gasteiger charge is 2.39. The standard InChI is InChI=1S/C20H27F3N2O6S/c1-13(20(21,22)23)30-16-7-6-14(32(5,28)29)12-15(16)17(26)24-8-10-25(11-9-24)18(27)31-19(2,3)4/h6-7,12-13H,8-11H2,1-5H3/t13-/m0/s1. The molecule has 1 aromatic rings. The van der Waals surface area contributed by atoms with Crippen molar-refractivity contribution < 1.29 is 40.7 Å². The Hall–Kier alpha value is -2.50. The van der Waals surface area contributed by atoms with Crippen LogP contribution in [0.25, 0.3) is 0 Å². The van der Waals surface area contributed by atoms with Crippen LogP contribution in [0.1, 0.15) is 38.1 Å². The van der Waals surface area contributed by atoms with Gasteiger partial charge in [0, 0.05) is 32.4 Å². The summed E-state index contributed by atoms with van der Waals surface area (Å²) in [6, 6.07) is 3.14. The smallest absolute Gasteiger partial charge is 0.425 e. The number of amides is 2. The van der Waals surface area contributed by atoms with E-state index in [1.807, 2.05) is 0 Å². The Kier molecular flexibility index (Phi) is 7.38. The molecule has 0 aromatic heterocycles. The Balaban J connectivity index is 2.25. The molecule has 0 N–H and O–H groups in total. The third-order valence-corrected chi connectivity index (χ3v) is 5.70. The lowest BCUT2D eigenvalue weighted by Gasteiger charge is -2.36. The van der Waals surface area contributed by atoms with Gasteiger partial charge in [0.25, 0.3) is 5.91 Å². The van der Waals surface area contributed by atoms with Crippen molar-refractivity contribution in [2.75, 3.05) is 32.4 Å². The van der Waals surface area contributed by atoms with E-state index in [1.165, 1.54) is 9.80 Å². The molecule has 1 saturated heterocycles. The third-order valence-electron chi connectivity index (χ3n) is 4.59. The largest absolute Gasteiger partial charge is 0.480 e. The van der Waals surface area contributed by atoms with Gasteiger partial charge < -0.3 is 19.3 Å². The number of piperazine rings is 1. The van der Waals surface area contributed by atoms with Gasteiger partial charge in [-0.15, -0.1) is 0 Å². The highest BCUT2D eigenvalue weighted by atomic mass is 32.2. The van der Waals surface area contributed by atoms with Gasteiger partial charge >= 0.3 is 12.3 Å². The molecular formula is C20H27F3N2O6S. The zero-order valence-corrected chi connectivity index (χ0v) is 19.3. The summed E-state index contributed by atoms with van der Waals surface area (Å²) >= 11 is 0. The number of sulfone groups is 1. The molecular weight excluding hydrogens is 453 g/mol. The number of ether oxygens (including phenoxy) is 2. The Morgan fingerprint density at radius 1 is 1.03 bits per heavy atom. The van der Waals surface area contributed by atoms with Crippen LogP contribution in [0.4, 0.5) is 18.0 Å². The van der Waals surface area contributed by atoms with Crippen LogP contribution in [0, 0.1) is 0 Å². The predicted octanol–water partition coefficient (Wildman–Crippen LogP) is 3.11. The van der Waals surface area contributed by atoms with Crippen molar-refractivity contribution >= 4 is 21.8 Å². The molecule has 2 rings (SSSR count). The predicted molar refractivity (Wildman–Crippen MR) is 109 cm³/mol. The number of alkyl halides is 3. The van der Waals surface area contributed by atoms with E-state index in [9.17, 15) is 31.2 Å². The van der Waals surface area contributed by atoms with Crippen molar-refractivity contribution in [1.82, 2.24) is 9.80 Å². The van der Waals surface area contributed by atoms with E-state index in [0.717, 1.165) is 31.4 Å². The zero-order chi connectivity index (χ0) is 24.5. The van der Waals surface area contributed by atoms with Gasteiger partial charge in [-0.05, 0) is 45.9 Å². The normalized spacial score (nSPS) is 16.5. The molecule has 180 valence electrons. The fraction of sp³-hybridized carbons (Fsp3) is 0.600. The first-order valence-electron chi connectivity index (χ1n) is 9.84. The molecule has 32 heavy (non-hydrogen) atoms. The van der Waals surface area contributed by atoms with Crippen molar-refractivity contribution in [1.29, 1.82) is 0 Å². The number of halogens is 3. The highest BCUT2D eigenvalue weighted by Crippen LogP contribution is 2.30. The lowest BCUT2D eigenvalue weighted by Crippen LogP contribution is -2.51. The van der Waals surface area contributed by atoms with E-state index >= 15 is 0 Å². The topological polar surface area (TPSA) is 93.2 Å². The first kappa shape index (κ1) is 25.8. The molecule has 0 saturated carbocycles. The molecule has 1 atom stereocenters. The van der Waals surface area contributed by atoms with Gasteiger partial charge in [0.05, 0.1) is 10.5 Å². The number of nitrogens with zero attached hydrogens (tertiary/aromatic N) is 2. The zero-order valence-electron chi connectivity index (χ0n) is 18.5.